The van der Waals surface area contributed by atoms with Crippen molar-refractivity contribution in [1.29, 1.82) is 5.26 Å². The van der Waals surface area contributed by atoms with Crippen molar-refractivity contribution >= 4 is 41.5 Å². The standard InChI is InChI=1S/C12H10ClNO2.C7H5ClO.C5H11N.CH4/c1-2-16-12(15)10(8-14)7-9-5-3-4-6-11(9)13;8-7-4-2-1-3-6(7)5-9;1-2-4-6-5-3-1;/h3-7H,2H2,1H3;1-5H;6H,1-5H2;1H4/b10-7+;;;. The van der Waals surface area contributed by atoms with Gasteiger partial charge in [0.05, 0.1) is 11.6 Å². The molecule has 1 saturated heterocycles. The summed E-state index contributed by atoms with van der Waals surface area (Å²) in [4.78, 5) is 21.5. The van der Waals surface area contributed by atoms with Crippen LogP contribution in [0.4, 0.5) is 0 Å². The van der Waals surface area contributed by atoms with Crippen molar-refractivity contribution < 1.29 is 14.3 Å². The van der Waals surface area contributed by atoms with Gasteiger partial charge in [-0.25, -0.2) is 4.79 Å². The van der Waals surface area contributed by atoms with Crippen molar-refractivity contribution in [3.8, 4) is 6.07 Å². The Morgan fingerprint density at radius 2 is 1.56 bits per heavy atom. The third-order valence-corrected chi connectivity index (χ3v) is 4.75. The van der Waals surface area contributed by atoms with Crippen LogP contribution in [0.15, 0.2) is 54.1 Å². The van der Waals surface area contributed by atoms with Gasteiger partial charge in [0.2, 0.25) is 0 Å². The molecule has 0 aromatic heterocycles. The predicted octanol–water partition coefficient (Wildman–Crippen LogP) is 6.36. The number of carbonyl (C=O) groups is 2. The molecule has 0 saturated carbocycles. The Labute approximate surface area is 201 Å². The van der Waals surface area contributed by atoms with Crippen molar-refractivity contribution in [3.05, 3.63) is 75.3 Å². The Hall–Kier alpha value is -2.65. The average Bonchev–Trinajstić information content (AvgIpc) is 2.81. The van der Waals surface area contributed by atoms with Gasteiger partial charge in [-0.1, -0.05) is 73.4 Å². The number of rotatable bonds is 4. The minimum Gasteiger partial charge on any atom is -0.462 e. The molecule has 7 heteroatoms. The van der Waals surface area contributed by atoms with Gasteiger partial charge in [0, 0.05) is 10.6 Å². The van der Waals surface area contributed by atoms with Crippen LogP contribution < -0.4 is 5.32 Å². The van der Waals surface area contributed by atoms with E-state index in [0.717, 1.165) is 6.29 Å². The van der Waals surface area contributed by atoms with E-state index >= 15 is 0 Å². The maximum absolute atomic E-state index is 11.3. The summed E-state index contributed by atoms with van der Waals surface area (Å²) in [5.41, 5.74) is 1.10. The largest absolute Gasteiger partial charge is 0.462 e. The smallest absolute Gasteiger partial charge is 0.348 e. The Morgan fingerprint density at radius 3 is 1.91 bits per heavy atom. The Kier molecular flexibility index (Phi) is 16.5. The van der Waals surface area contributed by atoms with Gasteiger partial charge in [-0.3, -0.25) is 4.79 Å². The van der Waals surface area contributed by atoms with Crippen molar-refractivity contribution in [1.82, 2.24) is 5.32 Å². The molecule has 0 unspecified atom stereocenters. The number of hydrogen-bond donors (Lipinski definition) is 1. The number of piperidine rings is 1. The Morgan fingerprint density at radius 1 is 1.03 bits per heavy atom. The van der Waals surface area contributed by atoms with Crippen molar-refractivity contribution in [3.63, 3.8) is 0 Å². The minimum absolute atomic E-state index is 0. The van der Waals surface area contributed by atoms with Crippen molar-refractivity contribution in [2.24, 2.45) is 0 Å². The van der Waals surface area contributed by atoms with E-state index in [9.17, 15) is 9.59 Å². The second-order valence-corrected chi connectivity index (χ2v) is 7.18. The molecule has 5 nitrogen and oxygen atoms in total. The monoisotopic (exact) mass is 476 g/mol. The fourth-order valence-electron chi connectivity index (χ4n) is 2.47. The number of esters is 1. The molecule has 0 bridgehead atoms. The molecule has 0 aliphatic carbocycles. The summed E-state index contributed by atoms with van der Waals surface area (Å²) in [6.07, 6.45) is 6.37. The van der Waals surface area contributed by atoms with E-state index in [4.69, 9.17) is 33.2 Å². The third kappa shape index (κ3) is 11.7. The normalized spacial score (nSPS) is 12.4. The first-order chi connectivity index (χ1) is 15.0. The van der Waals surface area contributed by atoms with Crippen LogP contribution in [0.5, 0.6) is 0 Å². The lowest BCUT2D eigenvalue weighted by molar-refractivity contribution is -0.137. The molecule has 2 aromatic rings. The molecule has 0 atom stereocenters. The highest BCUT2D eigenvalue weighted by atomic mass is 35.5. The summed E-state index contributed by atoms with van der Waals surface area (Å²) < 4.78 is 4.73. The first-order valence-electron chi connectivity index (χ1n) is 9.97. The number of nitrogens with one attached hydrogen (secondary N) is 1. The highest BCUT2D eigenvalue weighted by Gasteiger charge is 2.10. The van der Waals surface area contributed by atoms with Gasteiger partial charge in [-0.2, -0.15) is 5.26 Å². The van der Waals surface area contributed by atoms with E-state index in [2.05, 4.69) is 5.32 Å². The van der Waals surface area contributed by atoms with Gasteiger partial charge >= 0.3 is 5.97 Å². The van der Waals surface area contributed by atoms with Gasteiger partial charge < -0.3 is 10.1 Å². The fourth-order valence-corrected chi connectivity index (χ4v) is 2.84. The van der Waals surface area contributed by atoms with E-state index in [-0.39, 0.29) is 19.6 Å². The van der Waals surface area contributed by atoms with Crippen LogP contribution in [-0.4, -0.2) is 32.0 Å². The second kappa shape index (κ2) is 18.0. The van der Waals surface area contributed by atoms with E-state index in [1.165, 1.54) is 38.4 Å². The van der Waals surface area contributed by atoms with E-state index in [1.54, 1.807) is 61.5 Å². The molecule has 1 N–H and O–H groups in total. The fraction of sp³-hybridized carbons (Fsp3) is 0.320. The van der Waals surface area contributed by atoms with E-state index in [1.807, 2.05) is 0 Å². The Balaban J connectivity index is 0.000000503. The molecule has 1 aliphatic rings. The van der Waals surface area contributed by atoms with Crippen LogP contribution in [0, 0.1) is 11.3 Å². The van der Waals surface area contributed by atoms with Crippen LogP contribution in [-0.2, 0) is 9.53 Å². The Bertz CT molecular complexity index is 893. The minimum atomic E-state index is -0.634. The van der Waals surface area contributed by atoms with Gasteiger partial charge in [0.15, 0.2) is 6.29 Å². The molecular formula is C25H30Cl2N2O3. The van der Waals surface area contributed by atoms with Gasteiger partial charge in [0.25, 0.3) is 0 Å². The number of aldehydes is 1. The van der Waals surface area contributed by atoms with Crippen LogP contribution in [0.25, 0.3) is 6.08 Å². The zero-order valence-electron chi connectivity index (χ0n) is 17.4. The zero-order chi connectivity index (χ0) is 22.9. The molecule has 0 spiro atoms. The number of halogens is 2. The number of nitriles is 1. The van der Waals surface area contributed by atoms with E-state index < -0.39 is 5.97 Å². The summed E-state index contributed by atoms with van der Waals surface area (Å²) in [6.45, 7) is 4.42. The highest BCUT2D eigenvalue weighted by molar-refractivity contribution is 6.33. The SMILES string of the molecule is C.C1CCNCC1.CCOC(=O)/C(C#N)=C/c1ccccc1Cl.O=Cc1ccccc1Cl. The average molecular weight is 477 g/mol. The molecule has 0 amide bonds. The molecule has 2 aromatic carbocycles. The summed E-state index contributed by atoms with van der Waals surface area (Å²) >= 11 is 11.5. The second-order valence-electron chi connectivity index (χ2n) is 6.36. The topological polar surface area (TPSA) is 79.2 Å². The van der Waals surface area contributed by atoms with Gasteiger partial charge in [-0.05, 0) is 56.6 Å². The molecule has 1 aliphatic heterocycles. The zero-order valence-corrected chi connectivity index (χ0v) is 19.0. The molecule has 32 heavy (non-hydrogen) atoms. The number of ether oxygens (including phenoxy) is 1. The maximum Gasteiger partial charge on any atom is 0.348 e. The molecule has 0 radical (unpaired) electrons. The van der Waals surface area contributed by atoms with Crippen LogP contribution in [0.2, 0.25) is 10.0 Å². The highest BCUT2D eigenvalue weighted by Crippen LogP contribution is 2.18. The summed E-state index contributed by atoms with van der Waals surface area (Å²) in [5, 5.41) is 13.1. The maximum atomic E-state index is 11.3. The lowest BCUT2D eigenvalue weighted by atomic mass is 10.1. The molecule has 1 fully saturated rings. The molecule has 1 heterocycles. The molecule has 3 rings (SSSR count). The van der Waals surface area contributed by atoms with Crippen LogP contribution in [0.3, 0.4) is 0 Å². The van der Waals surface area contributed by atoms with Crippen LogP contribution in [0.1, 0.15) is 49.5 Å². The number of benzene rings is 2. The van der Waals surface area contributed by atoms with Crippen LogP contribution >= 0.6 is 23.2 Å². The van der Waals surface area contributed by atoms with Gasteiger partial charge in [0.1, 0.15) is 11.6 Å². The first-order valence-corrected chi connectivity index (χ1v) is 10.7. The predicted molar refractivity (Wildman–Crippen MR) is 132 cm³/mol. The third-order valence-electron chi connectivity index (χ3n) is 4.06. The number of nitrogens with zero attached hydrogens (tertiary/aromatic N) is 1. The lowest BCUT2D eigenvalue weighted by Gasteiger charge is -2.08. The van der Waals surface area contributed by atoms with Crippen molar-refractivity contribution in [2.45, 2.75) is 33.6 Å². The van der Waals surface area contributed by atoms with Gasteiger partial charge in [-0.15, -0.1) is 0 Å². The summed E-state index contributed by atoms with van der Waals surface area (Å²) in [6, 6.07) is 15.7. The quantitative estimate of drug-likeness (QED) is 0.240. The first kappa shape index (κ1) is 29.4. The van der Waals surface area contributed by atoms with Crippen molar-refractivity contribution in [2.75, 3.05) is 19.7 Å². The summed E-state index contributed by atoms with van der Waals surface area (Å²) in [5.74, 6) is -0.634. The molecular weight excluding hydrogens is 447 g/mol. The molecule has 172 valence electrons. The lowest BCUT2D eigenvalue weighted by Crippen LogP contribution is -2.21. The van der Waals surface area contributed by atoms with E-state index in [0.29, 0.717) is 21.2 Å². The summed E-state index contributed by atoms with van der Waals surface area (Å²) in [7, 11) is 0. The number of hydrogen-bond acceptors (Lipinski definition) is 5. The number of carbonyl (C=O) groups excluding carboxylic acids is 2.